The lowest BCUT2D eigenvalue weighted by atomic mass is 9.85. The number of aromatic nitrogens is 2. The van der Waals surface area contributed by atoms with Crippen LogP contribution in [-0.2, 0) is 61.0 Å². The van der Waals surface area contributed by atoms with Crippen LogP contribution in [0, 0.1) is 11.3 Å². The number of nitrogens with one attached hydrogen (secondary N) is 3. The van der Waals surface area contributed by atoms with E-state index in [1.165, 1.54) is 45.2 Å². The van der Waals surface area contributed by atoms with Gasteiger partial charge in [0.1, 0.15) is 42.6 Å². The van der Waals surface area contributed by atoms with Gasteiger partial charge in [-0.25, -0.2) is 14.3 Å². The van der Waals surface area contributed by atoms with Crippen molar-refractivity contribution in [3.8, 4) is 5.75 Å². The highest BCUT2D eigenvalue weighted by atomic mass is 32.1. The fourth-order valence-electron chi connectivity index (χ4n) is 12.1. The van der Waals surface area contributed by atoms with Crippen molar-refractivity contribution in [3.05, 3.63) is 135 Å². The molecule has 0 bridgehead atoms. The molecule has 6 amide bonds. The fourth-order valence-corrected chi connectivity index (χ4v) is 15.0. The van der Waals surface area contributed by atoms with Gasteiger partial charge in [-0.2, -0.15) is 0 Å². The van der Waals surface area contributed by atoms with Crippen molar-refractivity contribution in [2.75, 3.05) is 52.5 Å². The van der Waals surface area contributed by atoms with Crippen molar-refractivity contribution in [1.82, 2.24) is 39.6 Å². The van der Waals surface area contributed by atoms with E-state index in [0.29, 0.717) is 59.9 Å². The number of carbonyl (C=O) groups is 7. The lowest BCUT2D eigenvalue weighted by molar-refractivity contribution is -0.156. The lowest BCUT2D eigenvalue weighted by Crippen LogP contribution is -2.60. The molecule has 1 unspecified atom stereocenters. The summed E-state index contributed by atoms with van der Waals surface area (Å²) in [6.45, 7) is 10.2. The number of ether oxygens (including phenoxy) is 3. The minimum Gasteiger partial charge on any atom is -0.465 e. The predicted molar refractivity (Wildman–Crippen MR) is 328 cm³/mol. The number of esters is 1. The largest absolute Gasteiger partial charge is 0.465 e. The smallest absolute Gasteiger partial charge is 0.355 e. The number of piperidine rings is 2. The number of benzene rings is 4. The van der Waals surface area contributed by atoms with Crippen LogP contribution in [0.3, 0.4) is 0 Å². The van der Waals surface area contributed by atoms with Crippen molar-refractivity contribution in [1.29, 1.82) is 0 Å². The predicted octanol–water partition coefficient (Wildman–Crippen LogP) is 7.92. The SMILES string of the molecule is CCCOC(=O)[C@H](C)N[P@@](=O)(Oc1ccccc1)[C@@H](F)c1ccc2sc(C(=O)N[C@H](C(=O)N3CC[C@@H](OCC(=O)N4CCC(Cc5ccc6c(c5)n(C)c(=O)n6C5CCC(=O)NC5=O)CC4)[C@H]3C(=O)N3CCO[C@H](c4ccccc4)C3)C(C)(C)C)cc2c1. The Hall–Kier alpha value is -7.56. The van der Waals surface area contributed by atoms with Gasteiger partial charge in [0.25, 0.3) is 5.91 Å². The number of thiophene rings is 1. The molecule has 4 aliphatic rings. The summed E-state index contributed by atoms with van der Waals surface area (Å²) < 4.78 is 58.6. The van der Waals surface area contributed by atoms with Crippen LogP contribution in [0.25, 0.3) is 21.1 Å². The average Bonchev–Trinajstić information content (AvgIpc) is 2.18. The van der Waals surface area contributed by atoms with Gasteiger partial charge >= 0.3 is 19.2 Å². The molecule has 21 nitrogen and oxygen atoms in total. The second-order valence-corrected chi connectivity index (χ2v) is 27.4. The van der Waals surface area contributed by atoms with E-state index in [4.69, 9.17) is 18.7 Å². The number of para-hydroxylation sites is 1. The number of imide groups is 1. The quantitative estimate of drug-likeness (QED) is 0.0374. The number of rotatable bonds is 20. The van der Waals surface area contributed by atoms with E-state index in [2.05, 4.69) is 15.7 Å². The molecule has 6 heterocycles. The van der Waals surface area contributed by atoms with Crippen LogP contribution in [0.5, 0.6) is 5.75 Å². The Kier molecular flexibility index (Phi) is 19.5. The number of aryl methyl sites for hydroxylation is 1. The van der Waals surface area contributed by atoms with E-state index >= 15 is 14.0 Å². The minimum atomic E-state index is -4.55. The van der Waals surface area contributed by atoms with Gasteiger partial charge in [0.2, 0.25) is 35.4 Å². The van der Waals surface area contributed by atoms with Crippen molar-refractivity contribution in [3.63, 3.8) is 0 Å². The van der Waals surface area contributed by atoms with Gasteiger partial charge in [-0.1, -0.05) is 88.4 Å². The van der Waals surface area contributed by atoms with Crippen LogP contribution < -0.4 is 25.9 Å². The van der Waals surface area contributed by atoms with Gasteiger partial charge in [-0.3, -0.25) is 52.6 Å². The van der Waals surface area contributed by atoms with Crippen LogP contribution in [-0.4, -0.2) is 142 Å². The molecule has 10 rings (SSSR count). The maximum Gasteiger partial charge on any atom is 0.355 e. The normalized spacial score (nSPS) is 21.1. The topological polar surface area (TPSA) is 246 Å². The Morgan fingerprint density at radius 3 is 2.30 bits per heavy atom. The van der Waals surface area contributed by atoms with Gasteiger partial charge < -0.3 is 38.8 Å². The fraction of sp³-hybridized carbons (Fsp3) is 0.469. The highest BCUT2D eigenvalue weighted by Gasteiger charge is 2.49. The second kappa shape index (κ2) is 27.0. The summed E-state index contributed by atoms with van der Waals surface area (Å²) in [5.74, 6) is -5.23. The minimum absolute atomic E-state index is 0.0370. The molecule has 8 atom stereocenters. The zero-order chi connectivity index (χ0) is 62.6. The van der Waals surface area contributed by atoms with E-state index in [0.717, 1.165) is 22.5 Å². The Morgan fingerprint density at radius 1 is 0.864 bits per heavy atom. The summed E-state index contributed by atoms with van der Waals surface area (Å²) in [6, 6.07) is 25.1. The zero-order valence-corrected chi connectivity index (χ0v) is 52.0. The van der Waals surface area contributed by atoms with E-state index in [1.807, 2.05) is 76.2 Å². The van der Waals surface area contributed by atoms with Crippen LogP contribution >= 0.6 is 18.9 Å². The van der Waals surface area contributed by atoms with Gasteiger partial charge in [0.15, 0.2) is 0 Å². The van der Waals surface area contributed by atoms with Crippen LogP contribution in [0.1, 0.15) is 118 Å². The highest BCUT2D eigenvalue weighted by molar-refractivity contribution is 7.57. The molecular formula is C64H76FN8O13PS. The average molecular weight is 1250 g/mol. The third-order valence-electron chi connectivity index (χ3n) is 16.9. The maximum absolute atomic E-state index is 16.9. The van der Waals surface area contributed by atoms with Gasteiger partial charge in [0, 0.05) is 44.3 Å². The Morgan fingerprint density at radius 2 is 1.59 bits per heavy atom. The number of nitrogens with zero attached hydrogens (tertiary/aromatic N) is 5. The van der Waals surface area contributed by atoms with Crippen molar-refractivity contribution >= 4 is 81.4 Å². The number of fused-ring (bicyclic) bond motifs is 2. The molecule has 24 heteroatoms. The monoisotopic (exact) mass is 1250 g/mol. The zero-order valence-electron chi connectivity index (χ0n) is 50.3. The number of hydrogen-bond acceptors (Lipinski definition) is 14. The van der Waals surface area contributed by atoms with Crippen LogP contribution in [0.15, 0.2) is 108 Å². The van der Waals surface area contributed by atoms with E-state index < -0.39 is 78.9 Å². The van der Waals surface area contributed by atoms with E-state index in [1.54, 1.807) is 47.2 Å². The van der Waals surface area contributed by atoms with Crippen molar-refractivity contribution < 1.29 is 61.3 Å². The van der Waals surface area contributed by atoms with Crippen LogP contribution in [0.4, 0.5) is 4.39 Å². The number of halogens is 1. The molecule has 6 aromatic rings. The number of imidazole rings is 1. The standard InChI is InChI=1S/C64H76FN8O13PS/c1-7-31-84-62(80)39(2)68-87(82,86-45-16-12-9-13-17-45)57(65)43-19-22-51-44(35-43)36-52(88-51)59(77)67-56(64(3,4)5)61(79)72-29-26-49(55(72)60(78)71-30-32-83-50(37-71)42-14-10-8-11-15-42)85-38-54(75)70-27-24-40(25-28-70)33-41-18-20-46-48(34-41)69(6)63(81)73(46)47-21-23-53(74)66-58(47)76/h8-20,22,34-36,39-40,47,49-50,55-57H,7,21,23-33,37-38H2,1-6H3,(H,67,77)(H,68,82)(H,66,74,76)/t39-,47?,49+,50-,55-,56+,57+,87-/m0/s1. The van der Waals surface area contributed by atoms with Crippen molar-refractivity contribution in [2.45, 2.75) is 122 Å². The molecule has 0 aliphatic carbocycles. The number of morpholine rings is 1. The van der Waals surface area contributed by atoms with Gasteiger partial charge in [-0.15, -0.1) is 11.3 Å². The molecule has 4 aliphatic heterocycles. The van der Waals surface area contributed by atoms with Crippen molar-refractivity contribution in [2.24, 2.45) is 18.4 Å². The number of hydrogen-bond donors (Lipinski definition) is 3. The molecule has 3 N–H and O–H groups in total. The van der Waals surface area contributed by atoms with Crippen LogP contribution in [0.2, 0.25) is 0 Å². The van der Waals surface area contributed by atoms with Gasteiger partial charge in [0.05, 0.1) is 41.8 Å². The molecule has 4 fully saturated rings. The highest BCUT2D eigenvalue weighted by Crippen LogP contribution is 2.58. The maximum atomic E-state index is 16.9. The summed E-state index contributed by atoms with van der Waals surface area (Å²) in [5.41, 5.74) is 1.91. The Bertz CT molecular complexity index is 3690. The molecular weight excluding hydrogens is 1170 g/mol. The Labute approximate surface area is 513 Å². The molecule has 4 aromatic carbocycles. The Balaban J connectivity index is 0.822. The van der Waals surface area contributed by atoms with E-state index in [-0.39, 0.29) is 104 Å². The molecule has 0 saturated carbocycles. The van der Waals surface area contributed by atoms with Gasteiger partial charge in [-0.05, 0) is 121 Å². The first-order chi connectivity index (χ1) is 42.1. The lowest BCUT2D eigenvalue weighted by Gasteiger charge is -2.39. The molecule has 0 radical (unpaired) electrons. The number of amides is 6. The van der Waals surface area contributed by atoms with E-state index in [9.17, 15) is 33.3 Å². The third kappa shape index (κ3) is 14.0. The second-order valence-electron chi connectivity index (χ2n) is 24.2. The summed E-state index contributed by atoms with van der Waals surface area (Å²) >= 11 is 1.11. The summed E-state index contributed by atoms with van der Waals surface area (Å²) in [4.78, 5) is 115. The first-order valence-electron chi connectivity index (χ1n) is 30.1. The number of likely N-dealkylation sites (tertiary alicyclic amines) is 2. The molecule has 88 heavy (non-hydrogen) atoms. The number of carbonyl (C=O) groups excluding carboxylic acids is 7. The first-order valence-corrected chi connectivity index (χ1v) is 32.6. The number of alkyl halides is 1. The molecule has 2 aromatic heterocycles. The first kappa shape index (κ1) is 63.5. The summed E-state index contributed by atoms with van der Waals surface area (Å²) in [6.07, 6.45) is 1.98. The molecule has 0 spiro atoms. The summed E-state index contributed by atoms with van der Waals surface area (Å²) in [5, 5.41) is 8.36. The molecule has 468 valence electrons. The third-order valence-corrected chi connectivity index (χ3v) is 20.1. The molecule has 4 saturated heterocycles. The summed E-state index contributed by atoms with van der Waals surface area (Å²) in [7, 11) is -2.88.